The molecule has 0 fully saturated rings. The second-order valence-corrected chi connectivity index (χ2v) is 7.12. The third-order valence-electron chi connectivity index (χ3n) is 3.58. The van der Waals surface area contributed by atoms with Gasteiger partial charge in [-0.3, -0.25) is 9.52 Å². The summed E-state index contributed by atoms with van der Waals surface area (Å²) in [5.41, 5.74) is 2.09. The van der Waals surface area contributed by atoms with Gasteiger partial charge in [-0.25, -0.2) is 8.42 Å². The quantitative estimate of drug-likeness (QED) is 0.808. The molecule has 0 spiro atoms. The lowest BCUT2D eigenvalue weighted by Gasteiger charge is -2.09. The van der Waals surface area contributed by atoms with Crippen molar-refractivity contribution in [2.45, 2.75) is 31.6 Å². The molecule has 0 bridgehead atoms. The van der Waals surface area contributed by atoms with Gasteiger partial charge >= 0.3 is 0 Å². The zero-order chi connectivity index (χ0) is 17.6. The van der Waals surface area contributed by atoms with Crippen molar-refractivity contribution in [2.75, 3.05) is 11.3 Å². The first-order chi connectivity index (χ1) is 11.5. The molecule has 1 amide bonds. The van der Waals surface area contributed by atoms with Crippen LogP contribution in [0.3, 0.4) is 0 Å². The maximum absolute atomic E-state index is 12.4. The summed E-state index contributed by atoms with van der Waals surface area (Å²) in [6.45, 7) is 4.60. The van der Waals surface area contributed by atoms with Crippen molar-refractivity contribution in [1.29, 1.82) is 0 Å². The van der Waals surface area contributed by atoms with Gasteiger partial charge in [0.25, 0.3) is 15.9 Å². The van der Waals surface area contributed by atoms with Crippen LogP contribution in [0, 0.1) is 0 Å². The summed E-state index contributed by atoms with van der Waals surface area (Å²) in [7, 11) is -3.67. The molecule has 0 radical (unpaired) electrons. The lowest BCUT2D eigenvalue weighted by atomic mass is 10.2. The summed E-state index contributed by atoms with van der Waals surface area (Å²) in [5, 5.41) is 2.75. The lowest BCUT2D eigenvalue weighted by molar-refractivity contribution is 0.0953. The molecule has 5 nitrogen and oxygen atoms in total. The van der Waals surface area contributed by atoms with Crippen LogP contribution in [0.15, 0.2) is 53.4 Å². The van der Waals surface area contributed by atoms with Crippen molar-refractivity contribution in [1.82, 2.24) is 5.32 Å². The molecule has 0 atom stereocenters. The highest BCUT2D eigenvalue weighted by molar-refractivity contribution is 7.92. The number of sulfonamides is 1. The smallest absolute Gasteiger partial charge is 0.261 e. The van der Waals surface area contributed by atoms with Gasteiger partial charge in [0.2, 0.25) is 0 Å². The Morgan fingerprint density at radius 3 is 2.12 bits per heavy atom. The Bertz CT molecular complexity index is 782. The number of anilines is 1. The molecule has 0 saturated heterocycles. The molecular formula is C18H22N2O3S. The van der Waals surface area contributed by atoms with E-state index in [1.165, 1.54) is 24.3 Å². The van der Waals surface area contributed by atoms with E-state index in [0.29, 0.717) is 17.8 Å². The summed E-state index contributed by atoms with van der Waals surface area (Å²) in [4.78, 5) is 12.0. The Labute approximate surface area is 143 Å². The molecule has 0 saturated carbocycles. The molecule has 0 aromatic heterocycles. The number of benzene rings is 2. The fourth-order valence-electron chi connectivity index (χ4n) is 2.15. The Morgan fingerprint density at radius 1 is 0.958 bits per heavy atom. The summed E-state index contributed by atoms with van der Waals surface area (Å²) < 4.78 is 27.3. The molecule has 0 aliphatic carbocycles. The number of carbonyl (C=O) groups is 1. The number of carbonyl (C=O) groups excluding carboxylic acids is 1. The molecule has 6 heteroatoms. The summed E-state index contributed by atoms with van der Waals surface area (Å²) in [6.07, 6.45) is 1.74. The maximum Gasteiger partial charge on any atom is 0.261 e. The first-order valence-electron chi connectivity index (χ1n) is 7.96. The number of rotatable bonds is 7. The van der Waals surface area contributed by atoms with E-state index < -0.39 is 10.0 Å². The Hall–Kier alpha value is -2.34. The topological polar surface area (TPSA) is 75.3 Å². The van der Waals surface area contributed by atoms with E-state index in [0.717, 1.165) is 18.4 Å². The number of hydrogen-bond donors (Lipinski definition) is 2. The highest BCUT2D eigenvalue weighted by atomic mass is 32.2. The molecular weight excluding hydrogens is 324 g/mol. The molecule has 128 valence electrons. The van der Waals surface area contributed by atoms with Crippen LogP contribution in [0.4, 0.5) is 5.69 Å². The van der Waals surface area contributed by atoms with Gasteiger partial charge in [-0.2, -0.15) is 0 Å². The minimum absolute atomic E-state index is 0.120. The molecule has 0 unspecified atom stereocenters. The highest BCUT2D eigenvalue weighted by Crippen LogP contribution is 2.17. The zero-order valence-electron chi connectivity index (χ0n) is 13.9. The zero-order valence-corrected chi connectivity index (χ0v) is 14.7. The highest BCUT2D eigenvalue weighted by Gasteiger charge is 2.15. The fourth-order valence-corrected chi connectivity index (χ4v) is 3.21. The first-order valence-corrected chi connectivity index (χ1v) is 9.44. The SMILES string of the molecule is CCCNC(=O)c1ccc(S(=O)(=O)Nc2ccc(CC)cc2)cc1. The maximum atomic E-state index is 12.4. The van der Waals surface area contributed by atoms with Crippen molar-refractivity contribution in [3.8, 4) is 0 Å². The molecule has 24 heavy (non-hydrogen) atoms. The van der Waals surface area contributed by atoms with E-state index in [4.69, 9.17) is 0 Å². The van der Waals surface area contributed by atoms with Gasteiger partial charge in [-0.15, -0.1) is 0 Å². The van der Waals surface area contributed by atoms with Gasteiger partial charge in [0.1, 0.15) is 0 Å². The van der Waals surface area contributed by atoms with Gasteiger partial charge < -0.3 is 5.32 Å². The Balaban J connectivity index is 2.12. The number of nitrogens with one attached hydrogen (secondary N) is 2. The largest absolute Gasteiger partial charge is 0.352 e. The number of amides is 1. The van der Waals surface area contributed by atoms with Gasteiger partial charge in [0.15, 0.2) is 0 Å². The minimum atomic E-state index is -3.67. The van der Waals surface area contributed by atoms with Crippen LogP contribution < -0.4 is 10.0 Å². The van der Waals surface area contributed by atoms with Gasteiger partial charge in [-0.1, -0.05) is 26.0 Å². The number of hydrogen-bond acceptors (Lipinski definition) is 3. The van der Waals surface area contributed by atoms with Crippen LogP contribution in [-0.2, 0) is 16.4 Å². The second kappa shape index (κ2) is 7.97. The lowest BCUT2D eigenvalue weighted by Crippen LogP contribution is -2.24. The molecule has 2 aromatic carbocycles. The van der Waals surface area contributed by atoms with E-state index in [9.17, 15) is 13.2 Å². The van der Waals surface area contributed by atoms with Crippen molar-refractivity contribution in [3.63, 3.8) is 0 Å². The first kappa shape index (κ1) is 18.0. The average molecular weight is 346 g/mol. The average Bonchev–Trinajstić information content (AvgIpc) is 2.60. The monoisotopic (exact) mass is 346 g/mol. The summed E-state index contributed by atoms with van der Waals surface area (Å²) >= 11 is 0. The van der Waals surface area contributed by atoms with Crippen molar-refractivity contribution >= 4 is 21.6 Å². The molecule has 0 heterocycles. The van der Waals surface area contributed by atoms with Gasteiger partial charge in [0, 0.05) is 17.8 Å². The number of aryl methyl sites for hydroxylation is 1. The third-order valence-corrected chi connectivity index (χ3v) is 4.97. The minimum Gasteiger partial charge on any atom is -0.352 e. The van der Waals surface area contributed by atoms with Crippen LogP contribution in [0.25, 0.3) is 0 Å². The predicted octanol–water partition coefficient (Wildman–Crippen LogP) is 3.19. The fraction of sp³-hybridized carbons (Fsp3) is 0.278. The van der Waals surface area contributed by atoms with Crippen LogP contribution in [0.2, 0.25) is 0 Å². The predicted molar refractivity (Wildman–Crippen MR) is 95.7 cm³/mol. The van der Waals surface area contributed by atoms with Crippen LogP contribution in [0.1, 0.15) is 36.2 Å². The third kappa shape index (κ3) is 4.58. The van der Waals surface area contributed by atoms with Crippen molar-refractivity contribution in [2.24, 2.45) is 0 Å². The van der Waals surface area contributed by atoms with Crippen molar-refractivity contribution in [3.05, 3.63) is 59.7 Å². The van der Waals surface area contributed by atoms with Crippen LogP contribution >= 0.6 is 0 Å². The molecule has 0 aliphatic rings. The van der Waals surface area contributed by atoms with E-state index in [-0.39, 0.29) is 10.8 Å². The van der Waals surface area contributed by atoms with Gasteiger partial charge in [0.05, 0.1) is 4.90 Å². The normalized spacial score (nSPS) is 11.1. The van der Waals surface area contributed by atoms with Gasteiger partial charge in [-0.05, 0) is 54.8 Å². The summed E-state index contributed by atoms with van der Waals surface area (Å²) in [5.74, 6) is -0.205. The Kier molecular flexibility index (Phi) is 5.98. The van der Waals surface area contributed by atoms with Crippen molar-refractivity contribution < 1.29 is 13.2 Å². The van der Waals surface area contributed by atoms with Crippen LogP contribution in [-0.4, -0.2) is 20.9 Å². The Morgan fingerprint density at radius 2 is 1.58 bits per heavy atom. The second-order valence-electron chi connectivity index (χ2n) is 5.44. The standard InChI is InChI=1S/C18H22N2O3S/c1-3-13-19-18(21)15-7-11-17(12-8-15)24(22,23)20-16-9-5-14(4-2)6-10-16/h5-12,20H,3-4,13H2,1-2H3,(H,19,21). The molecule has 2 N–H and O–H groups in total. The molecule has 0 aliphatic heterocycles. The van der Waals surface area contributed by atoms with E-state index in [1.54, 1.807) is 12.1 Å². The summed E-state index contributed by atoms with van der Waals surface area (Å²) in [6, 6.07) is 13.1. The molecule has 2 rings (SSSR count). The van der Waals surface area contributed by atoms with E-state index in [2.05, 4.69) is 10.0 Å². The molecule has 2 aromatic rings. The van der Waals surface area contributed by atoms with E-state index >= 15 is 0 Å². The van der Waals surface area contributed by atoms with Crippen LogP contribution in [0.5, 0.6) is 0 Å². The van der Waals surface area contributed by atoms with E-state index in [1.807, 2.05) is 26.0 Å².